The van der Waals surface area contributed by atoms with Crippen LogP contribution in [0.2, 0.25) is 5.02 Å². The molecule has 1 aliphatic heterocycles. The van der Waals surface area contributed by atoms with Crippen molar-refractivity contribution in [3.8, 4) is 0 Å². The molecule has 2 aliphatic rings. The van der Waals surface area contributed by atoms with Gasteiger partial charge in [0.1, 0.15) is 0 Å². The highest BCUT2D eigenvalue weighted by Gasteiger charge is 2.36. The number of benzene rings is 1. The number of hydrogen-bond acceptors (Lipinski definition) is 2. The third-order valence-corrected chi connectivity index (χ3v) is 4.63. The summed E-state index contributed by atoms with van der Waals surface area (Å²) in [6.07, 6.45) is 6.82. The van der Waals surface area contributed by atoms with Gasteiger partial charge in [-0.1, -0.05) is 30.9 Å². The number of rotatable bonds is 1. The SMILES string of the molecule is Clc1ccc(N2CCNC3(CCCCC3)C2)cc1. The van der Waals surface area contributed by atoms with Crippen LogP contribution >= 0.6 is 11.6 Å². The van der Waals surface area contributed by atoms with Crippen LogP contribution in [0.4, 0.5) is 5.69 Å². The van der Waals surface area contributed by atoms with E-state index in [-0.39, 0.29) is 0 Å². The van der Waals surface area contributed by atoms with E-state index < -0.39 is 0 Å². The van der Waals surface area contributed by atoms with Gasteiger partial charge in [0.25, 0.3) is 0 Å². The zero-order valence-electron chi connectivity index (χ0n) is 10.8. The van der Waals surface area contributed by atoms with Gasteiger partial charge in [0.15, 0.2) is 0 Å². The van der Waals surface area contributed by atoms with Crippen LogP contribution < -0.4 is 10.2 Å². The minimum atomic E-state index is 0.371. The minimum absolute atomic E-state index is 0.371. The van der Waals surface area contributed by atoms with Crippen molar-refractivity contribution in [1.29, 1.82) is 0 Å². The van der Waals surface area contributed by atoms with Crippen molar-refractivity contribution in [2.75, 3.05) is 24.5 Å². The van der Waals surface area contributed by atoms with Crippen LogP contribution in [-0.2, 0) is 0 Å². The summed E-state index contributed by atoms with van der Waals surface area (Å²) >= 11 is 5.96. The Hall–Kier alpha value is -0.730. The highest BCUT2D eigenvalue weighted by atomic mass is 35.5. The maximum absolute atomic E-state index is 5.96. The van der Waals surface area contributed by atoms with E-state index in [1.54, 1.807) is 0 Å². The van der Waals surface area contributed by atoms with Crippen molar-refractivity contribution in [2.24, 2.45) is 0 Å². The van der Waals surface area contributed by atoms with E-state index in [0.29, 0.717) is 5.54 Å². The van der Waals surface area contributed by atoms with Crippen molar-refractivity contribution in [2.45, 2.75) is 37.6 Å². The van der Waals surface area contributed by atoms with Crippen LogP contribution in [-0.4, -0.2) is 25.2 Å². The smallest absolute Gasteiger partial charge is 0.0407 e. The normalized spacial score (nSPS) is 23.3. The first kappa shape index (κ1) is 12.3. The molecule has 1 aromatic rings. The van der Waals surface area contributed by atoms with Gasteiger partial charge in [-0.25, -0.2) is 0 Å². The predicted molar refractivity (Wildman–Crippen MR) is 77.5 cm³/mol. The van der Waals surface area contributed by atoms with Crippen molar-refractivity contribution >= 4 is 17.3 Å². The molecule has 1 spiro atoms. The summed E-state index contributed by atoms with van der Waals surface area (Å²) in [7, 11) is 0. The Bertz CT molecular complexity index is 390. The molecule has 0 amide bonds. The topological polar surface area (TPSA) is 15.3 Å². The number of piperazine rings is 1. The predicted octanol–water partition coefficient (Wildman–Crippen LogP) is 3.45. The van der Waals surface area contributed by atoms with Crippen LogP contribution in [0.5, 0.6) is 0 Å². The van der Waals surface area contributed by atoms with Crippen LogP contribution in [0, 0.1) is 0 Å². The highest BCUT2D eigenvalue weighted by molar-refractivity contribution is 6.30. The van der Waals surface area contributed by atoms with Gasteiger partial charge in [-0.15, -0.1) is 0 Å². The van der Waals surface area contributed by atoms with Gasteiger partial charge in [0.05, 0.1) is 0 Å². The molecule has 0 unspecified atom stereocenters. The summed E-state index contributed by atoms with van der Waals surface area (Å²) in [6.45, 7) is 3.35. The molecule has 3 heteroatoms. The summed E-state index contributed by atoms with van der Waals surface area (Å²) in [5.41, 5.74) is 1.68. The minimum Gasteiger partial charge on any atom is -0.368 e. The molecule has 1 saturated carbocycles. The molecule has 98 valence electrons. The Morgan fingerprint density at radius 2 is 1.78 bits per heavy atom. The fourth-order valence-electron chi connectivity index (χ4n) is 3.39. The molecular weight excluding hydrogens is 244 g/mol. The molecule has 18 heavy (non-hydrogen) atoms. The first-order valence-electron chi connectivity index (χ1n) is 7.03. The Morgan fingerprint density at radius 3 is 2.50 bits per heavy atom. The molecule has 1 N–H and O–H groups in total. The largest absolute Gasteiger partial charge is 0.368 e. The van der Waals surface area contributed by atoms with E-state index in [1.165, 1.54) is 37.8 Å². The molecular formula is C15H21ClN2. The maximum atomic E-state index is 5.96. The summed E-state index contributed by atoms with van der Waals surface area (Å²) in [6, 6.07) is 8.27. The lowest BCUT2D eigenvalue weighted by molar-refractivity contribution is 0.216. The molecule has 1 heterocycles. The molecule has 1 saturated heterocycles. The number of anilines is 1. The van der Waals surface area contributed by atoms with Crippen molar-refractivity contribution in [3.05, 3.63) is 29.3 Å². The molecule has 0 bridgehead atoms. The van der Waals surface area contributed by atoms with Crippen LogP contribution in [0.25, 0.3) is 0 Å². The molecule has 1 aromatic carbocycles. The van der Waals surface area contributed by atoms with Gasteiger partial charge in [-0.05, 0) is 37.1 Å². The van der Waals surface area contributed by atoms with Gasteiger partial charge in [0.2, 0.25) is 0 Å². The Kier molecular flexibility index (Phi) is 3.49. The second-order valence-corrected chi connectivity index (χ2v) is 6.10. The number of hydrogen-bond donors (Lipinski definition) is 1. The molecule has 0 aromatic heterocycles. The first-order valence-corrected chi connectivity index (χ1v) is 7.41. The maximum Gasteiger partial charge on any atom is 0.0407 e. The summed E-state index contributed by atoms with van der Waals surface area (Å²) < 4.78 is 0. The Morgan fingerprint density at radius 1 is 1.06 bits per heavy atom. The van der Waals surface area contributed by atoms with E-state index in [1.807, 2.05) is 12.1 Å². The van der Waals surface area contributed by atoms with Crippen molar-refractivity contribution in [3.63, 3.8) is 0 Å². The zero-order chi connectivity index (χ0) is 12.4. The van der Waals surface area contributed by atoms with Crippen LogP contribution in [0.15, 0.2) is 24.3 Å². The molecule has 2 nitrogen and oxygen atoms in total. The lowest BCUT2D eigenvalue weighted by atomic mass is 9.80. The summed E-state index contributed by atoms with van der Waals surface area (Å²) in [5.74, 6) is 0. The van der Waals surface area contributed by atoms with Crippen molar-refractivity contribution in [1.82, 2.24) is 5.32 Å². The second-order valence-electron chi connectivity index (χ2n) is 5.67. The van der Waals surface area contributed by atoms with E-state index in [0.717, 1.165) is 24.7 Å². The van der Waals surface area contributed by atoms with E-state index in [2.05, 4.69) is 22.3 Å². The first-order chi connectivity index (χ1) is 8.77. The van der Waals surface area contributed by atoms with Gasteiger partial charge < -0.3 is 10.2 Å². The standard InChI is InChI=1S/C15H21ClN2/c16-13-4-6-14(7-5-13)18-11-10-17-15(12-18)8-2-1-3-9-15/h4-7,17H,1-3,8-12H2. The number of halogens is 1. The number of nitrogens with one attached hydrogen (secondary N) is 1. The molecule has 0 radical (unpaired) electrons. The van der Waals surface area contributed by atoms with E-state index in [9.17, 15) is 0 Å². The molecule has 0 atom stereocenters. The monoisotopic (exact) mass is 264 g/mol. The fraction of sp³-hybridized carbons (Fsp3) is 0.600. The van der Waals surface area contributed by atoms with E-state index in [4.69, 9.17) is 11.6 Å². The summed E-state index contributed by atoms with van der Waals surface area (Å²) in [5, 5.41) is 4.60. The molecule has 3 rings (SSSR count). The van der Waals surface area contributed by atoms with Crippen LogP contribution in [0.1, 0.15) is 32.1 Å². The van der Waals surface area contributed by atoms with E-state index >= 15 is 0 Å². The summed E-state index contributed by atoms with van der Waals surface area (Å²) in [4.78, 5) is 2.51. The van der Waals surface area contributed by atoms with Gasteiger partial charge >= 0.3 is 0 Å². The quantitative estimate of drug-likeness (QED) is 0.836. The average Bonchev–Trinajstić information content (AvgIpc) is 2.40. The fourth-order valence-corrected chi connectivity index (χ4v) is 3.52. The highest BCUT2D eigenvalue weighted by Crippen LogP contribution is 2.32. The lowest BCUT2D eigenvalue weighted by Crippen LogP contribution is -2.61. The number of nitrogens with zero attached hydrogens (tertiary/aromatic N) is 1. The second kappa shape index (κ2) is 5.10. The zero-order valence-corrected chi connectivity index (χ0v) is 11.5. The van der Waals surface area contributed by atoms with Crippen molar-refractivity contribution < 1.29 is 0 Å². The van der Waals surface area contributed by atoms with Gasteiger partial charge in [-0.2, -0.15) is 0 Å². The van der Waals surface area contributed by atoms with Crippen LogP contribution in [0.3, 0.4) is 0 Å². The van der Waals surface area contributed by atoms with Gasteiger partial charge in [0, 0.05) is 35.9 Å². The Labute approximate surface area is 114 Å². The van der Waals surface area contributed by atoms with Gasteiger partial charge in [-0.3, -0.25) is 0 Å². The third-order valence-electron chi connectivity index (χ3n) is 4.38. The Balaban J connectivity index is 1.75. The lowest BCUT2D eigenvalue weighted by Gasteiger charge is -2.47. The average molecular weight is 265 g/mol. The third kappa shape index (κ3) is 2.50. The molecule has 1 aliphatic carbocycles. The molecule has 2 fully saturated rings.